The molecule has 1 atom stereocenters. The molecule has 1 aliphatic rings. The Balaban J connectivity index is 1.74. The number of carbonyl (C=O) groups is 3. The van der Waals surface area contributed by atoms with Crippen molar-refractivity contribution in [3.05, 3.63) is 40.2 Å². The molecule has 0 saturated heterocycles. The lowest BCUT2D eigenvalue weighted by Gasteiger charge is -2.18. The molecule has 3 rings (SSSR count). The van der Waals surface area contributed by atoms with E-state index in [1.807, 2.05) is 0 Å². The SMILES string of the molecule is CCOC(=O)c1c(NC(=O)C(=O)NN=Cc2ccco2)sc2c1CCC(C)C2. The number of carbonyl (C=O) groups excluding carboxylic acids is 3. The smallest absolute Gasteiger partial charge is 0.341 e. The fourth-order valence-electron chi connectivity index (χ4n) is 2.99. The summed E-state index contributed by atoms with van der Waals surface area (Å²) in [5, 5.41) is 6.55. The van der Waals surface area contributed by atoms with E-state index < -0.39 is 17.8 Å². The van der Waals surface area contributed by atoms with E-state index in [0.717, 1.165) is 29.7 Å². The fourth-order valence-corrected chi connectivity index (χ4v) is 4.38. The number of hydrogen-bond donors (Lipinski definition) is 2. The molecule has 1 aliphatic carbocycles. The molecular formula is C19H21N3O5S. The number of thiophene rings is 1. The molecule has 2 N–H and O–H groups in total. The van der Waals surface area contributed by atoms with E-state index in [-0.39, 0.29) is 6.61 Å². The van der Waals surface area contributed by atoms with Crippen molar-refractivity contribution in [3.8, 4) is 0 Å². The molecule has 1 unspecified atom stereocenters. The standard InChI is InChI=1S/C19H21N3O5S/c1-3-26-19(25)15-13-7-6-11(2)9-14(13)28-18(15)21-16(23)17(24)22-20-10-12-5-4-8-27-12/h4-5,8,10-11H,3,6-7,9H2,1-2H3,(H,21,23)(H,22,24). The first-order valence-electron chi connectivity index (χ1n) is 8.99. The highest BCUT2D eigenvalue weighted by molar-refractivity contribution is 7.17. The normalized spacial score (nSPS) is 15.9. The van der Waals surface area contributed by atoms with Gasteiger partial charge in [-0.05, 0) is 49.8 Å². The minimum atomic E-state index is -0.947. The van der Waals surface area contributed by atoms with E-state index in [4.69, 9.17) is 9.15 Å². The summed E-state index contributed by atoms with van der Waals surface area (Å²) in [4.78, 5) is 37.7. The summed E-state index contributed by atoms with van der Waals surface area (Å²) in [6, 6.07) is 3.32. The van der Waals surface area contributed by atoms with Crippen LogP contribution in [0.4, 0.5) is 5.00 Å². The summed E-state index contributed by atoms with van der Waals surface area (Å²) in [5.41, 5.74) is 3.40. The Labute approximate surface area is 165 Å². The maximum atomic E-state index is 12.4. The van der Waals surface area contributed by atoms with Crippen LogP contribution in [0.15, 0.2) is 27.9 Å². The van der Waals surface area contributed by atoms with Gasteiger partial charge < -0.3 is 14.5 Å². The summed E-state index contributed by atoms with van der Waals surface area (Å²) in [5.74, 6) is -1.40. The van der Waals surface area contributed by atoms with E-state index >= 15 is 0 Å². The third-order valence-corrected chi connectivity index (χ3v) is 5.50. The number of rotatable bonds is 5. The van der Waals surface area contributed by atoms with Gasteiger partial charge in [0.2, 0.25) is 0 Å². The van der Waals surface area contributed by atoms with Crippen LogP contribution in [0.1, 0.15) is 46.8 Å². The number of nitrogens with one attached hydrogen (secondary N) is 2. The Hall–Kier alpha value is -2.94. The Kier molecular flexibility index (Phi) is 6.25. The lowest BCUT2D eigenvalue weighted by molar-refractivity contribution is -0.136. The van der Waals surface area contributed by atoms with Crippen LogP contribution in [0.2, 0.25) is 0 Å². The average Bonchev–Trinajstić information content (AvgIpc) is 3.28. The number of esters is 1. The summed E-state index contributed by atoms with van der Waals surface area (Å²) in [6.07, 6.45) is 5.29. The van der Waals surface area contributed by atoms with E-state index in [0.29, 0.717) is 22.2 Å². The van der Waals surface area contributed by atoms with E-state index in [2.05, 4.69) is 22.8 Å². The molecule has 0 fully saturated rings. The molecule has 8 nitrogen and oxygen atoms in total. The second kappa shape index (κ2) is 8.83. The van der Waals surface area contributed by atoms with Crippen molar-refractivity contribution in [2.24, 2.45) is 11.0 Å². The minimum absolute atomic E-state index is 0.231. The van der Waals surface area contributed by atoms with Crippen LogP contribution in [0.5, 0.6) is 0 Å². The first-order valence-corrected chi connectivity index (χ1v) is 9.80. The number of fused-ring (bicyclic) bond motifs is 1. The van der Waals surface area contributed by atoms with Crippen LogP contribution < -0.4 is 10.7 Å². The zero-order chi connectivity index (χ0) is 20.1. The predicted octanol–water partition coefficient (Wildman–Crippen LogP) is 2.73. The van der Waals surface area contributed by atoms with Crippen molar-refractivity contribution in [3.63, 3.8) is 0 Å². The van der Waals surface area contributed by atoms with Crippen LogP contribution in [0.3, 0.4) is 0 Å². The maximum absolute atomic E-state index is 12.4. The van der Waals surface area contributed by atoms with Gasteiger partial charge in [0.25, 0.3) is 0 Å². The predicted molar refractivity (Wildman–Crippen MR) is 105 cm³/mol. The van der Waals surface area contributed by atoms with Gasteiger partial charge in [0.15, 0.2) is 0 Å². The molecule has 0 saturated carbocycles. The zero-order valence-electron chi connectivity index (χ0n) is 15.6. The zero-order valence-corrected chi connectivity index (χ0v) is 16.4. The molecule has 0 spiro atoms. The third kappa shape index (κ3) is 4.48. The Morgan fingerprint density at radius 3 is 2.93 bits per heavy atom. The number of amides is 2. The van der Waals surface area contributed by atoms with E-state index in [1.54, 1.807) is 19.1 Å². The van der Waals surface area contributed by atoms with Crippen molar-refractivity contribution < 1.29 is 23.5 Å². The number of hydrogen-bond acceptors (Lipinski definition) is 7. The van der Waals surface area contributed by atoms with Gasteiger partial charge in [-0.25, -0.2) is 10.2 Å². The molecule has 0 aromatic carbocycles. The van der Waals surface area contributed by atoms with Crippen LogP contribution in [-0.4, -0.2) is 30.6 Å². The average molecular weight is 403 g/mol. The summed E-state index contributed by atoms with van der Waals surface area (Å²) < 4.78 is 10.2. The highest BCUT2D eigenvalue weighted by atomic mass is 32.1. The molecule has 0 bridgehead atoms. The number of nitrogens with zero attached hydrogens (tertiary/aromatic N) is 1. The molecular weight excluding hydrogens is 382 g/mol. The van der Waals surface area contributed by atoms with Crippen LogP contribution in [0, 0.1) is 5.92 Å². The first kappa shape index (κ1) is 19.8. The highest BCUT2D eigenvalue weighted by Crippen LogP contribution is 2.40. The van der Waals surface area contributed by atoms with Crippen LogP contribution in [-0.2, 0) is 27.2 Å². The molecule has 28 heavy (non-hydrogen) atoms. The number of anilines is 1. The van der Waals surface area contributed by atoms with Crippen molar-refractivity contribution in [2.45, 2.75) is 33.1 Å². The van der Waals surface area contributed by atoms with Crippen molar-refractivity contribution in [1.29, 1.82) is 0 Å². The molecule has 2 amide bonds. The number of ether oxygens (including phenoxy) is 1. The van der Waals surface area contributed by atoms with E-state index in [1.165, 1.54) is 23.8 Å². The van der Waals surface area contributed by atoms with E-state index in [9.17, 15) is 14.4 Å². The molecule has 9 heteroatoms. The van der Waals surface area contributed by atoms with Gasteiger partial charge in [0, 0.05) is 4.88 Å². The van der Waals surface area contributed by atoms with Crippen LogP contribution >= 0.6 is 11.3 Å². The molecule has 2 heterocycles. The molecule has 2 aromatic rings. The summed E-state index contributed by atoms with van der Waals surface area (Å²) in [7, 11) is 0. The topological polar surface area (TPSA) is 110 Å². The van der Waals surface area contributed by atoms with Crippen molar-refractivity contribution >= 4 is 40.3 Å². The second-order valence-corrected chi connectivity index (χ2v) is 7.55. The lowest BCUT2D eigenvalue weighted by atomic mass is 9.88. The van der Waals surface area contributed by atoms with Gasteiger partial charge in [-0.2, -0.15) is 5.10 Å². The lowest BCUT2D eigenvalue weighted by Crippen LogP contribution is -2.32. The largest absolute Gasteiger partial charge is 0.463 e. The molecule has 2 aromatic heterocycles. The maximum Gasteiger partial charge on any atom is 0.341 e. The molecule has 0 radical (unpaired) electrons. The minimum Gasteiger partial charge on any atom is -0.463 e. The van der Waals surface area contributed by atoms with Gasteiger partial charge in [-0.3, -0.25) is 9.59 Å². The number of hydrazone groups is 1. The fraction of sp³-hybridized carbons (Fsp3) is 0.368. The van der Waals surface area contributed by atoms with Gasteiger partial charge in [0.05, 0.1) is 24.6 Å². The van der Waals surface area contributed by atoms with Crippen molar-refractivity contribution in [2.75, 3.05) is 11.9 Å². The van der Waals surface area contributed by atoms with Crippen molar-refractivity contribution in [1.82, 2.24) is 5.43 Å². The van der Waals surface area contributed by atoms with Crippen LogP contribution in [0.25, 0.3) is 0 Å². The molecule has 148 valence electrons. The first-order chi connectivity index (χ1) is 13.5. The monoisotopic (exact) mass is 403 g/mol. The highest BCUT2D eigenvalue weighted by Gasteiger charge is 2.30. The Morgan fingerprint density at radius 1 is 1.39 bits per heavy atom. The third-order valence-electron chi connectivity index (χ3n) is 4.33. The summed E-state index contributed by atoms with van der Waals surface area (Å²) in [6.45, 7) is 4.10. The van der Waals surface area contributed by atoms with Gasteiger partial charge in [0.1, 0.15) is 10.8 Å². The Morgan fingerprint density at radius 2 is 2.21 bits per heavy atom. The summed E-state index contributed by atoms with van der Waals surface area (Å²) >= 11 is 1.32. The molecule has 0 aliphatic heterocycles. The second-order valence-electron chi connectivity index (χ2n) is 6.45. The quantitative estimate of drug-likeness (QED) is 0.345. The van der Waals surface area contributed by atoms with Gasteiger partial charge in [-0.15, -0.1) is 11.3 Å². The van der Waals surface area contributed by atoms with Gasteiger partial charge in [-0.1, -0.05) is 6.92 Å². The Bertz CT molecular complexity index is 901. The van der Waals surface area contributed by atoms with Gasteiger partial charge >= 0.3 is 17.8 Å². The number of furan rings is 1.